The third-order valence-electron chi connectivity index (χ3n) is 9.60. The highest BCUT2D eigenvalue weighted by molar-refractivity contribution is 6.62. The summed E-state index contributed by atoms with van der Waals surface area (Å²) in [7, 11) is 1.18. The fourth-order valence-electron chi connectivity index (χ4n) is 6.30. The topological polar surface area (TPSA) is 129 Å². The van der Waals surface area contributed by atoms with Crippen molar-refractivity contribution < 1.29 is 38.6 Å². The summed E-state index contributed by atoms with van der Waals surface area (Å²) < 4.78 is 22.0. The van der Waals surface area contributed by atoms with E-state index in [1.807, 2.05) is 52.0 Å². The maximum Gasteiger partial charge on any atom is 0.494 e. The standard InChI is InChI=1S/C29H43BN4O7/c1-19(21-11-13-39-14-12-21)34(37,27(35)36)33-17-20(18-38-6)15-25(33)26-31-16-24(32-26)22-7-9-23(10-8-22)30-40-28(2,3)29(4,5)41-30/h7-10,16,19-21,25,37H,11-15,17-18H2,1-6H3,(H-,31,32,35,36)/t19?,20-,25-,34?/m0/s1. The van der Waals surface area contributed by atoms with Gasteiger partial charge in [-0.15, -0.1) is 5.01 Å². The first-order valence-corrected chi connectivity index (χ1v) is 14.5. The van der Waals surface area contributed by atoms with Gasteiger partial charge >= 0.3 is 13.2 Å². The normalized spacial score (nSPS) is 27.1. The first-order valence-electron chi connectivity index (χ1n) is 14.5. The molecule has 224 valence electrons. The van der Waals surface area contributed by atoms with Gasteiger partial charge in [0, 0.05) is 32.2 Å². The molecule has 2 aromatic rings. The van der Waals surface area contributed by atoms with E-state index in [0.717, 1.165) is 16.7 Å². The monoisotopic (exact) mass is 570 g/mol. The molecule has 1 aromatic heterocycles. The number of ether oxygens (including phenoxy) is 2. The Morgan fingerprint density at radius 1 is 1.22 bits per heavy atom. The summed E-state index contributed by atoms with van der Waals surface area (Å²) in [5.74, 6) is 0.581. The number of carboxylic acid groups (broad SMARTS) is 1. The van der Waals surface area contributed by atoms with Crippen LogP contribution in [0, 0.1) is 11.8 Å². The zero-order chi connectivity index (χ0) is 29.6. The lowest BCUT2D eigenvalue weighted by molar-refractivity contribution is -1.16. The number of hydrogen-bond acceptors (Lipinski definition) is 9. The second-order valence-corrected chi connectivity index (χ2v) is 12.7. The van der Waals surface area contributed by atoms with Crippen LogP contribution in [0.15, 0.2) is 30.5 Å². The molecule has 3 fully saturated rings. The molecule has 0 radical (unpaired) electrons. The van der Waals surface area contributed by atoms with Gasteiger partial charge in [-0.25, -0.2) is 4.98 Å². The van der Waals surface area contributed by atoms with Crippen molar-refractivity contribution in [3.8, 4) is 11.3 Å². The summed E-state index contributed by atoms with van der Waals surface area (Å²) in [6.45, 7) is 11.8. The van der Waals surface area contributed by atoms with E-state index in [2.05, 4.69) is 9.97 Å². The van der Waals surface area contributed by atoms with E-state index in [-0.39, 0.29) is 11.8 Å². The van der Waals surface area contributed by atoms with Gasteiger partial charge in [0.05, 0.1) is 36.2 Å². The fraction of sp³-hybridized carbons (Fsp3) is 0.655. The van der Waals surface area contributed by atoms with Gasteiger partial charge < -0.3 is 33.7 Å². The molecule has 1 aromatic carbocycles. The summed E-state index contributed by atoms with van der Waals surface area (Å²) in [4.78, 5) is 20.7. The number of benzene rings is 1. The van der Waals surface area contributed by atoms with Gasteiger partial charge in [0.1, 0.15) is 17.9 Å². The van der Waals surface area contributed by atoms with E-state index in [1.165, 1.54) is 0 Å². The van der Waals surface area contributed by atoms with Gasteiger partial charge in [-0.05, 0) is 64.9 Å². The molecule has 2 unspecified atom stereocenters. The van der Waals surface area contributed by atoms with Crippen molar-refractivity contribution in [2.45, 2.75) is 77.2 Å². The second-order valence-electron chi connectivity index (χ2n) is 12.7. The van der Waals surface area contributed by atoms with E-state index < -0.39 is 41.3 Å². The van der Waals surface area contributed by atoms with E-state index in [9.17, 15) is 15.1 Å². The number of nitrogens with zero attached hydrogens (tertiary/aromatic N) is 3. The van der Waals surface area contributed by atoms with Gasteiger partial charge in [0.2, 0.25) is 0 Å². The van der Waals surface area contributed by atoms with Crippen molar-refractivity contribution in [1.29, 1.82) is 0 Å². The van der Waals surface area contributed by atoms with Gasteiger partial charge in [0.25, 0.3) is 0 Å². The van der Waals surface area contributed by atoms with Crippen LogP contribution in [0.25, 0.3) is 11.3 Å². The van der Waals surface area contributed by atoms with E-state index in [0.29, 0.717) is 51.5 Å². The number of carbonyl (C=O) groups excluding carboxylic acids is 1. The number of hydrogen-bond donors (Lipinski definition) is 2. The molecular weight excluding hydrogens is 527 g/mol. The molecule has 3 aliphatic heterocycles. The predicted octanol–water partition coefficient (Wildman–Crippen LogP) is 2.66. The maximum atomic E-state index is 12.6. The zero-order valence-electron chi connectivity index (χ0n) is 25.0. The second kappa shape index (κ2) is 11.4. The van der Waals surface area contributed by atoms with Crippen molar-refractivity contribution >= 4 is 18.7 Å². The number of aromatic nitrogens is 2. The number of quaternary nitrogens is 1. The summed E-state index contributed by atoms with van der Waals surface area (Å²) in [6.07, 6.45) is 2.14. The van der Waals surface area contributed by atoms with Crippen LogP contribution >= 0.6 is 0 Å². The molecule has 1 amide bonds. The molecule has 5 rings (SSSR count). The summed E-state index contributed by atoms with van der Waals surface area (Å²) in [6, 6.07) is 6.84. The number of rotatable bonds is 8. The van der Waals surface area contributed by atoms with E-state index >= 15 is 0 Å². The molecule has 3 aliphatic rings. The number of imidazole rings is 1. The Kier molecular flexibility index (Phi) is 8.39. The quantitative estimate of drug-likeness (QED) is 0.213. The largest absolute Gasteiger partial charge is 0.494 e. The molecule has 11 nitrogen and oxygen atoms in total. The molecular formula is C29H43BN4O7. The average Bonchev–Trinajstić information content (AvgIpc) is 3.65. The van der Waals surface area contributed by atoms with Crippen LogP contribution in [-0.2, 0) is 18.8 Å². The lowest BCUT2D eigenvalue weighted by Crippen LogP contribution is -2.71. The molecule has 12 heteroatoms. The first-order chi connectivity index (χ1) is 19.4. The number of aromatic amines is 1. The van der Waals surface area contributed by atoms with Gasteiger partial charge in [-0.1, -0.05) is 29.0 Å². The highest BCUT2D eigenvalue weighted by atomic mass is 16.7. The Labute approximate surface area is 242 Å². The van der Waals surface area contributed by atoms with Crippen LogP contribution in [0.1, 0.15) is 65.7 Å². The number of carbonyl (C=O) groups is 1. The van der Waals surface area contributed by atoms with Crippen LogP contribution in [0.3, 0.4) is 0 Å². The summed E-state index contributed by atoms with van der Waals surface area (Å²) >= 11 is 0. The van der Waals surface area contributed by atoms with E-state index in [4.69, 9.17) is 18.8 Å². The van der Waals surface area contributed by atoms with Gasteiger partial charge in [-0.3, -0.25) is 0 Å². The fourth-order valence-corrected chi connectivity index (χ4v) is 6.30. The van der Waals surface area contributed by atoms with Crippen LogP contribution in [0.5, 0.6) is 0 Å². The van der Waals surface area contributed by atoms with Crippen molar-refractivity contribution in [2.75, 3.05) is 33.5 Å². The van der Waals surface area contributed by atoms with E-state index in [1.54, 1.807) is 25.2 Å². The van der Waals surface area contributed by atoms with Crippen LogP contribution in [0.4, 0.5) is 4.79 Å². The molecule has 41 heavy (non-hydrogen) atoms. The zero-order valence-corrected chi connectivity index (χ0v) is 25.0. The SMILES string of the molecule is COC[C@H]1C[C@@H](c2ncc(-c3ccc(B4OC(C)(C)C(C)(C)O4)cc3)[nH]2)N([N+](O)(C(=O)[O-])C(C)C2CCOCC2)C1. The lowest BCUT2D eigenvalue weighted by atomic mass is 9.79. The predicted molar refractivity (Wildman–Crippen MR) is 150 cm³/mol. The van der Waals surface area contributed by atoms with Gasteiger partial charge in [-0.2, -0.15) is 5.21 Å². The Bertz CT molecular complexity index is 1200. The number of nitrogens with one attached hydrogen (secondary N) is 1. The van der Waals surface area contributed by atoms with Crippen LogP contribution < -0.4 is 10.6 Å². The molecule has 4 heterocycles. The summed E-state index contributed by atoms with van der Waals surface area (Å²) in [5.41, 5.74) is 1.79. The lowest BCUT2D eigenvalue weighted by Gasteiger charge is -2.45. The van der Waals surface area contributed by atoms with Crippen LogP contribution in [0.2, 0.25) is 0 Å². The highest BCUT2D eigenvalue weighted by Crippen LogP contribution is 2.41. The smallest absolute Gasteiger partial charge is 0.494 e. The Balaban J connectivity index is 1.39. The number of H-pyrrole nitrogens is 1. The molecule has 3 saturated heterocycles. The average molecular weight is 570 g/mol. The Morgan fingerprint density at radius 2 is 1.85 bits per heavy atom. The minimum atomic E-state index is -1.54. The number of hydroxylamine groups is 2. The van der Waals surface area contributed by atoms with Crippen molar-refractivity contribution in [3.63, 3.8) is 0 Å². The number of methoxy groups -OCH3 is 1. The first kappa shape index (κ1) is 30.2. The van der Waals surface area contributed by atoms with Gasteiger partial charge in [0.15, 0.2) is 0 Å². The van der Waals surface area contributed by atoms with Crippen molar-refractivity contribution in [3.05, 3.63) is 36.3 Å². The molecule has 0 bridgehead atoms. The van der Waals surface area contributed by atoms with Crippen molar-refractivity contribution in [2.24, 2.45) is 11.8 Å². The van der Waals surface area contributed by atoms with Crippen molar-refractivity contribution in [1.82, 2.24) is 15.0 Å². The maximum absolute atomic E-state index is 12.6. The molecule has 2 N–H and O–H groups in total. The Hall–Kier alpha value is -2.32. The minimum absolute atomic E-state index is 0.0173. The minimum Gasteiger partial charge on any atom is -0.494 e. The van der Waals surface area contributed by atoms with Crippen LogP contribution in [-0.4, -0.2) is 88.9 Å². The third kappa shape index (κ3) is 5.59. The Morgan fingerprint density at radius 3 is 2.44 bits per heavy atom. The molecule has 4 atom stereocenters. The molecule has 0 spiro atoms. The molecule has 0 aliphatic carbocycles. The number of amides is 1. The highest BCUT2D eigenvalue weighted by Gasteiger charge is 2.55. The molecule has 0 saturated carbocycles. The third-order valence-corrected chi connectivity index (χ3v) is 9.60. The summed E-state index contributed by atoms with van der Waals surface area (Å²) in [5, 5.41) is 26.1.